The number of guanidine groups is 1. The number of hydrazine groups is 3. The summed E-state index contributed by atoms with van der Waals surface area (Å²) in [4.78, 5) is 9.30. The number of benzene rings is 3. The highest BCUT2D eigenvalue weighted by Crippen LogP contribution is 2.42. The van der Waals surface area contributed by atoms with Gasteiger partial charge >= 0.3 is 0 Å². The van der Waals surface area contributed by atoms with E-state index in [1.165, 1.54) is 0 Å². The van der Waals surface area contributed by atoms with Gasteiger partial charge in [0, 0.05) is 22.7 Å². The molecule has 10 heteroatoms. The molecule has 1 fully saturated rings. The molecule has 1 saturated heterocycles. The van der Waals surface area contributed by atoms with E-state index >= 15 is 0 Å². The van der Waals surface area contributed by atoms with E-state index in [0.717, 1.165) is 33.6 Å². The Morgan fingerprint density at radius 2 is 1.77 bits per heavy atom. The van der Waals surface area contributed by atoms with Crippen LogP contribution in [0.3, 0.4) is 0 Å². The van der Waals surface area contributed by atoms with E-state index in [-0.39, 0.29) is 6.04 Å². The fourth-order valence-corrected chi connectivity index (χ4v) is 5.10. The Balaban J connectivity index is 1.57. The van der Waals surface area contributed by atoms with Crippen LogP contribution in [-0.4, -0.2) is 15.5 Å². The van der Waals surface area contributed by atoms with Crippen molar-refractivity contribution in [1.29, 1.82) is 0 Å². The van der Waals surface area contributed by atoms with Crippen LogP contribution in [0.2, 0.25) is 10.0 Å². The predicted octanol–water partition coefficient (Wildman–Crippen LogP) is 3.77. The summed E-state index contributed by atoms with van der Waals surface area (Å²) in [6.07, 6.45) is 3.55. The van der Waals surface area contributed by atoms with Gasteiger partial charge in [0.2, 0.25) is 5.96 Å². The van der Waals surface area contributed by atoms with Gasteiger partial charge in [-0.2, -0.15) is 5.53 Å². The van der Waals surface area contributed by atoms with Crippen LogP contribution >= 0.6 is 23.2 Å². The Hall–Kier alpha value is -3.40. The molecule has 2 aliphatic heterocycles. The molecule has 3 heterocycles. The molecule has 0 saturated carbocycles. The van der Waals surface area contributed by atoms with Crippen molar-refractivity contribution in [1.82, 2.24) is 26.0 Å². The summed E-state index contributed by atoms with van der Waals surface area (Å²) in [6.45, 7) is 0. The lowest BCUT2D eigenvalue weighted by molar-refractivity contribution is 0.586. The zero-order valence-corrected chi connectivity index (χ0v) is 20.2. The largest absolute Gasteiger partial charge is 0.336 e. The van der Waals surface area contributed by atoms with Crippen molar-refractivity contribution in [2.45, 2.75) is 11.6 Å². The SMILES string of the molecule is Cn1cncc1[C@@](N)(c1ccc(Cl)cc1)c1ccc2c(c1)C(c1cccc(Cl)c1)N=C1NNNN12. The number of nitrogens with zero attached hydrogens (tertiary/aromatic N) is 4. The molecule has 5 N–H and O–H groups in total. The number of halogens is 2. The average Bonchev–Trinajstić information content (AvgIpc) is 3.52. The molecule has 4 aromatic rings. The highest BCUT2D eigenvalue weighted by Gasteiger charge is 2.38. The van der Waals surface area contributed by atoms with Crippen molar-refractivity contribution < 1.29 is 0 Å². The summed E-state index contributed by atoms with van der Waals surface area (Å²) in [5, 5.41) is 3.17. The average molecular weight is 505 g/mol. The van der Waals surface area contributed by atoms with Crippen LogP contribution < -0.4 is 27.2 Å². The Morgan fingerprint density at radius 1 is 0.971 bits per heavy atom. The van der Waals surface area contributed by atoms with Crippen LogP contribution in [0, 0.1) is 0 Å². The first-order valence-electron chi connectivity index (χ1n) is 11.0. The fraction of sp³-hybridized carbons (Fsp3) is 0.120. The van der Waals surface area contributed by atoms with Crippen molar-refractivity contribution in [3.63, 3.8) is 0 Å². The Morgan fingerprint density at radius 3 is 2.51 bits per heavy atom. The van der Waals surface area contributed by atoms with Gasteiger partial charge in [-0.25, -0.2) is 15.0 Å². The van der Waals surface area contributed by atoms with Gasteiger partial charge in [-0.1, -0.05) is 53.5 Å². The van der Waals surface area contributed by atoms with Gasteiger partial charge in [0.25, 0.3) is 0 Å². The van der Waals surface area contributed by atoms with Gasteiger partial charge < -0.3 is 10.3 Å². The quantitative estimate of drug-likeness (QED) is 0.338. The molecule has 0 aliphatic carbocycles. The number of imidazole rings is 1. The second kappa shape index (κ2) is 8.37. The summed E-state index contributed by atoms with van der Waals surface area (Å²) >= 11 is 12.5. The van der Waals surface area contributed by atoms with Gasteiger partial charge in [-0.3, -0.25) is 5.43 Å². The molecule has 2 atom stereocenters. The normalized spacial score (nSPS) is 18.3. The Bertz CT molecular complexity index is 1450. The molecule has 0 radical (unpaired) electrons. The van der Waals surface area contributed by atoms with E-state index in [0.29, 0.717) is 16.0 Å². The highest BCUT2D eigenvalue weighted by molar-refractivity contribution is 6.30. The smallest absolute Gasteiger partial charge is 0.231 e. The molecule has 1 unspecified atom stereocenters. The molecule has 35 heavy (non-hydrogen) atoms. The highest BCUT2D eigenvalue weighted by atomic mass is 35.5. The van der Waals surface area contributed by atoms with Crippen LogP contribution in [0.15, 0.2) is 84.2 Å². The van der Waals surface area contributed by atoms with Gasteiger partial charge in [0.15, 0.2) is 0 Å². The van der Waals surface area contributed by atoms with Gasteiger partial charge in [0.1, 0.15) is 11.6 Å². The first kappa shape index (κ1) is 22.1. The number of rotatable bonds is 4. The molecule has 6 rings (SSSR count). The number of nitrogens with two attached hydrogens (primary N) is 1. The number of hydrogen-bond donors (Lipinski definition) is 4. The maximum atomic E-state index is 7.29. The van der Waals surface area contributed by atoms with E-state index < -0.39 is 5.54 Å². The van der Waals surface area contributed by atoms with Crippen LogP contribution in [0.1, 0.15) is 34.0 Å². The van der Waals surface area contributed by atoms with E-state index in [4.69, 9.17) is 33.9 Å². The summed E-state index contributed by atoms with van der Waals surface area (Å²) in [5.74, 6) is 0.665. The first-order valence-corrected chi connectivity index (χ1v) is 11.8. The lowest BCUT2D eigenvalue weighted by Crippen LogP contribution is -2.42. The minimum atomic E-state index is -0.983. The summed E-state index contributed by atoms with van der Waals surface area (Å²) < 4.78 is 1.94. The number of aliphatic imine (C=N–C) groups is 1. The van der Waals surface area contributed by atoms with Crippen molar-refractivity contribution >= 4 is 34.8 Å². The topological polar surface area (TPSA) is 95.5 Å². The second-order valence-corrected chi connectivity index (χ2v) is 9.46. The Kier molecular flexibility index (Phi) is 5.28. The van der Waals surface area contributed by atoms with Gasteiger partial charge in [-0.05, 0) is 53.1 Å². The third-order valence-corrected chi connectivity index (χ3v) is 7.00. The van der Waals surface area contributed by atoms with Crippen molar-refractivity contribution in [2.24, 2.45) is 17.8 Å². The van der Waals surface area contributed by atoms with E-state index in [1.54, 1.807) is 12.5 Å². The van der Waals surface area contributed by atoms with E-state index in [9.17, 15) is 0 Å². The number of nitrogens with one attached hydrogen (secondary N) is 3. The molecule has 1 aromatic heterocycles. The van der Waals surface area contributed by atoms with E-state index in [2.05, 4.69) is 27.5 Å². The first-order chi connectivity index (χ1) is 16.9. The lowest BCUT2D eigenvalue weighted by atomic mass is 9.79. The monoisotopic (exact) mass is 504 g/mol. The third kappa shape index (κ3) is 3.58. The summed E-state index contributed by atoms with van der Waals surface area (Å²) in [7, 11) is 1.94. The minimum Gasteiger partial charge on any atom is -0.336 e. The molecular formula is C25H22Cl2N8. The van der Waals surface area contributed by atoms with Gasteiger partial charge in [0.05, 0.1) is 23.9 Å². The molecule has 176 valence electrons. The summed E-state index contributed by atoms with van der Waals surface area (Å²) in [6, 6.07) is 21.3. The molecule has 0 spiro atoms. The zero-order valence-electron chi connectivity index (χ0n) is 18.7. The van der Waals surface area contributed by atoms with Crippen LogP contribution in [0.5, 0.6) is 0 Å². The molecular weight excluding hydrogens is 483 g/mol. The maximum absolute atomic E-state index is 7.29. The van der Waals surface area contributed by atoms with Crippen molar-refractivity contribution in [3.05, 3.63) is 117 Å². The van der Waals surface area contributed by atoms with Crippen LogP contribution in [0.25, 0.3) is 0 Å². The van der Waals surface area contributed by atoms with Crippen LogP contribution in [-0.2, 0) is 12.6 Å². The number of hydrogen-bond acceptors (Lipinski definition) is 7. The second-order valence-electron chi connectivity index (χ2n) is 8.59. The maximum Gasteiger partial charge on any atom is 0.231 e. The van der Waals surface area contributed by atoms with Crippen molar-refractivity contribution in [2.75, 3.05) is 5.01 Å². The number of aromatic nitrogens is 2. The minimum absolute atomic E-state index is 0.287. The lowest BCUT2D eigenvalue weighted by Gasteiger charge is -2.34. The number of aryl methyl sites for hydroxylation is 1. The molecule has 2 aliphatic rings. The third-order valence-electron chi connectivity index (χ3n) is 6.51. The zero-order chi connectivity index (χ0) is 24.2. The Labute approximate surface area is 212 Å². The standard InChI is InChI=1S/C25H22Cl2N8/c1-34-14-29-13-22(34)25(28,16-5-8-18(26)9-6-16)17-7-10-21-20(12-17)23(15-3-2-4-19(27)11-15)30-24-31-32-33-35(21)24/h2-14,23,32-33H,28H2,1H3,(H,30,31)/t23?,25-/m1/s1. The number of fused-ring (bicyclic) bond motifs is 3. The van der Waals surface area contributed by atoms with E-state index in [1.807, 2.05) is 77.3 Å². The molecule has 0 amide bonds. The van der Waals surface area contributed by atoms with Crippen LogP contribution in [0.4, 0.5) is 5.69 Å². The molecule has 0 bridgehead atoms. The summed E-state index contributed by atoms with van der Waals surface area (Å²) in [5.41, 5.74) is 20.9. The fourth-order valence-electron chi connectivity index (χ4n) is 4.77. The van der Waals surface area contributed by atoms with Gasteiger partial charge in [-0.15, -0.1) is 5.53 Å². The molecule has 3 aromatic carbocycles. The van der Waals surface area contributed by atoms with Crippen molar-refractivity contribution in [3.8, 4) is 0 Å². The molecule has 8 nitrogen and oxygen atoms in total. The number of anilines is 1. The predicted molar refractivity (Wildman–Crippen MR) is 138 cm³/mol.